The van der Waals surface area contributed by atoms with E-state index in [1.165, 1.54) is 0 Å². The normalized spacial score (nSPS) is 17.4. The van der Waals surface area contributed by atoms with Crippen molar-refractivity contribution in [1.82, 2.24) is 5.32 Å². The number of carbonyl (C=O) groups excluding carboxylic acids is 1. The Morgan fingerprint density at radius 2 is 2.05 bits per heavy atom. The standard InChI is InChI=1S/C14H19NO4/c1-3-10-9(2)8-11(19-10)12(16)15-14(13(17)18)6-4-5-7-14/h8H,3-7H2,1-2H3,(H,15,16)(H,17,18). The minimum absolute atomic E-state index is 0.196. The van der Waals surface area contributed by atoms with Gasteiger partial charge in [-0.3, -0.25) is 4.79 Å². The Labute approximate surface area is 112 Å². The molecule has 1 aromatic heterocycles. The molecule has 1 heterocycles. The summed E-state index contributed by atoms with van der Waals surface area (Å²) in [4.78, 5) is 23.5. The average Bonchev–Trinajstić information content (AvgIpc) is 2.96. The SMILES string of the molecule is CCc1oc(C(=O)NC2(C(=O)O)CCCC2)cc1C. The van der Waals surface area contributed by atoms with Crippen molar-refractivity contribution in [3.63, 3.8) is 0 Å². The Hall–Kier alpha value is -1.78. The number of amides is 1. The van der Waals surface area contributed by atoms with Gasteiger partial charge in [0.25, 0.3) is 5.91 Å². The van der Waals surface area contributed by atoms with Crippen molar-refractivity contribution in [2.45, 2.75) is 51.5 Å². The lowest BCUT2D eigenvalue weighted by molar-refractivity contribution is -0.144. The quantitative estimate of drug-likeness (QED) is 0.875. The molecule has 0 bridgehead atoms. The number of aryl methyl sites for hydroxylation is 2. The zero-order chi connectivity index (χ0) is 14.0. The topological polar surface area (TPSA) is 79.5 Å². The van der Waals surface area contributed by atoms with Gasteiger partial charge in [-0.25, -0.2) is 4.79 Å². The predicted molar refractivity (Wildman–Crippen MR) is 69.1 cm³/mol. The smallest absolute Gasteiger partial charge is 0.329 e. The summed E-state index contributed by atoms with van der Waals surface area (Å²) in [6, 6.07) is 1.67. The van der Waals surface area contributed by atoms with E-state index in [-0.39, 0.29) is 5.76 Å². The number of carboxylic acid groups (broad SMARTS) is 1. The van der Waals surface area contributed by atoms with Gasteiger partial charge < -0.3 is 14.8 Å². The van der Waals surface area contributed by atoms with E-state index >= 15 is 0 Å². The third-order valence-electron chi connectivity index (χ3n) is 3.78. The summed E-state index contributed by atoms with van der Waals surface area (Å²) in [5.74, 6) is -0.438. The van der Waals surface area contributed by atoms with Crippen LogP contribution in [-0.4, -0.2) is 22.5 Å². The number of carbonyl (C=O) groups is 2. The van der Waals surface area contributed by atoms with Crippen LogP contribution >= 0.6 is 0 Å². The number of hydrogen-bond acceptors (Lipinski definition) is 3. The summed E-state index contributed by atoms with van der Waals surface area (Å²) >= 11 is 0. The van der Waals surface area contributed by atoms with Gasteiger partial charge in [0.2, 0.25) is 0 Å². The van der Waals surface area contributed by atoms with E-state index in [0.29, 0.717) is 19.3 Å². The Morgan fingerprint density at radius 1 is 1.42 bits per heavy atom. The molecule has 1 saturated carbocycles. The highest BCUT2D eigenvalue weighted by Crippen LogP contribution is 2.30. The first-order valence-corrected chi connectivity index (χ1v) is 6.64. The zero-order valence-electron chi connectivity index (χ0n) is 11.3. The van der Waals surface area contributed by atoms with Gasteiger partial charge in [0, 0.05) is 6.42 Å². The highest BCUT2D eigenvalue weighted by atomic mass is 16.4. The van der Waals surface area contributed by atoms with Crippen LogP contribution in [0.3, 0.4) is 0 Å². The van der Waals surface area contributed by atoms with Crippen LogP contribution in [0.4, 0.5) is 0 Å². The summed E-state index contributed by atoms with van der Waals surface area (Å²) in [5, 5.41) is 12.0. The summed E-state index contributed by atoms with van der Waals surface area (Å²) in [6.07, 6.45) is 3.32. The lowest BCUT2D eigenvalue weighted by atomic mass is 9.97. The van der Waals surface area contributed by atoms with Crippen LogP contribution in [-0.2, 0) is 11.2 Å². The van der Waals surface area contributed by atoms with Crippen molar-refractivity contribution in [3.8, 4) is 0 Å². The molecule has 1 aliphatic rings. The van der Waals surface area contributed by atoms with Crippen molar-refractivity contribution in [1.29, 1.82) is 0 Å². The lowest BCUT2D eigenvalue weighted by Gasteiger charge is -2.24. The van der Waals surface area contributed by atoms with E-state index < -0.39 is 17.4 Å². The summed E-state index contributed by atoms with van der Waals surface area (Å²) in [7, 11) is 0. The molecule has 0 radical (unpaired) electrons. The minimum Gasteiger partial charge on any atom is -0.480 e. The highest BCUT2D eigenvalue weighted by Gasteiger charge is 2.43. The fourth-order valence-corrected chi connectivity index (χ4v) is 2.63. The van der Waals surface area contributed by atoms with Gasteiger partial charge >= 0.3 is 5.97 Å². The lowest BCUT2D eigenvalue weighted by Crippen LogP contribution is -2.52. The van der Waals surface area contributed by atoms with Crippen molar-refractivity contribution in [2.24, 2.45) is 0 Å². The van der Waals surface area contributed by atoms with Gasteiger partial charge in [-0.1, -0.05) is 19.8 Å². The molecule has 2 N–H and O–H groups in total. The van der Waals surface area contributed by atoms with Gasteiger partial charge in [-0.15, -0.1) is 0 Å². The van der Waals surface area contributed by atoms with Gasteiger partial charge in [-0.05, 0) is 31.4 Å². The van der Waals surface area contributed by atoms with Crippen LogP contribution < -0.4 is 5.32 Å². The molecule has 0 unspecified atom stereocenters. The highest BCUT2D eigenvalue weighted by molar-refractivity contribution is 5.96. The molecule has 5 heteroatoms. The van der Waals surface area contributed by atoms with E-state index in [9.17, 15) is 14.7 Å². The van der Waals surface area contributed by atoms with E-state index in [4.69, 9.17) is 4.42 Å². The zero-order valence-corrected chi connectivity index (χ0v) is 11.3. The maximum Gasteiger partial charge on any atom is 0.329 e. The maximum absolute atomic E-state index is 12.1. The Balaban J connectivity index is 2.17. The Morgan fingerprint density at radius 3 is 2.53 bits per heavy atom. The Bertz CT molecular complexity index is 498. The number of nitrogens with one attached hydrogen (secondary N) is 1. The van der Waals surface area contributed by atoms with E-state index in [1.54, 1.807) is 6.07 Å². The monoisotopic (exact) mass is 265 g/mol. The molecule has 1 amide bonds. The molecule has 104 valence electrons. The van der Waals surface area contributed by atoms with Crippen LogP contribution in [0.15, 0.2) is 10.5 Å². The van der Waals surface area contributed by atoms with Crippen LogP contribution in [0, 0.1) is 6.92 Å². The summed E-state index contributed by atoms with van der Waals surface area (Å²) in [5.41, 5.74) is -0.201. The molecule has 1 fully saturated rings. The van der Waals surface area contributed by atoms with Gasteiger partial charge in [0.05, 0.1) is 0 Å². The molecular weight excluding hydrogens is 246 g/mol. The molecule has 0 atom stereocenters. The molecule has 0 spiro atoms. The summed E-state index contributed by atoms with van der Waals surface area (Å²) in [6.45, 7) is 3.82. The number of rotatable bonds is 4. The molecule has 0 aliphatic heterocycles. The van der Waals surface area contributed by atoms with Crippen LogP contribution in [0.5, 0.6) is 0 Å². The van der Waals surface area contributed by atoms with E-state index in [1.807, 2.05) is 13.8 Å². The first-order valence-electron chi connectivity index (χ1n) is 6.64. The molecule has 0 saturated heterocycles. The molecule has 5 nitrogen and oxygen atoms in total. The van der Waals surface area contributed by atoms with E-state index in [2.05, 4.69) is 5.32 Å². The van der Waals surface area contributed by atoms with E-state index in [0.717, 1.165) is 24.2 Å². The van der Waals surface area contributed by atoms with Gasteiger partial charge in [-0.2, -0.15) is 0 Å². The third-order valence-corrected chi connectivity index (χ3v) is 3.78. The molecule has 1 aromatic rings. The predicted octanol–water partition coefficient (Wildman–Crippen LogP) is 2.28. The number of carboxylic acids is 1. The first kappa shape index (κ1) is 13.6. The van der Waals surface area contributed by atoms with Crippen molar-refractivity contribution in [3.05, 3.63) is 23.2 Å². The fraction of sp³-hybridized carbons (Fsp3) is 0.571. The summed E-state index contributed by atoms with van der Waals surface area (Å²) < 4.78 is 5.46. The van der Waals surface area contributed by atoms with Crippen LogP contribution in [0.25, 0.3) is 0 Å². The molecule has 0 aromatic carbocycles. The molecule has 19 heavy (non-hydrogen) atoms. The molecule has 2 rings (SSSR count). The Kier molecular flexibility index (Phi) is 3.64. The second kappa shape index (κ2) is 5.07. The average molecular weight is 265 g/mol. The first-order chi connectivity index (χ1) is 8.98. The van der Waals surface area contributed by atoms with Crippen LogP contribution in [0.2, 0.25) is 0 Å². The third kappa shape index (κ3) is 2.50. The van der Waals surface area contributed by atoms with Crippen molar-refractivity contribution in [2.75, 3.05) is 0 Å². The minimum atomic E-state index is -1.12. The maximum atomic E-state index is 12.1. The molecule has 1 aliphatic carbocycles. The van der Waals surface area contributed by atoms with Crippen molar-refractivity contribution < 1.29 is 19.1 Å². The number of aliphatic carboxylic acids is 1. The second-order valence-corrected chi connectivity index (χ2v) is 5.12. The van der Waals surface area contributed by atoms with Gasteiger partial charge in [0.1, 0.15) is 11.3 Å². The van der Waals surface area contributed by atoms with Crippen LogP contribution in [0.1, 0.15) is 54.5 Å². The van der Waals surface area contributed by atoms with Gasteiger partial charge in [0.15, 0.2) is 5.76 Å². The second-order valence-electron chi connectivity index (χ2n) is 5.12. The van der Waals surface area contributed by atoms with Crippen molar-refractivity contribution >= 4 is 11.9 Å². The number of hydrogen-bond donors (Lipinski definition) is 2. The number of furan rings is 1. The fourth-order valence-electron chi connectivity index (χ4n) is 2.63. The molecular formula is C14H19NO4. The largest absolute Gasteiger partial charge is 0.480 e.